The lowest BCUT2D eigenvalue weighted by molar-refractivity contribution is 0.0695. The van der Waals surface area contributed by atoms with Gasteiger partial charge < -0.3 is 10.2 Å². The van der Waals surface area contributed by atoms with Gasteiger partial charge in [-0.25, -0.2) is 9.37 Å². The highest BCUT2D eigenvalue weighted by molar-refractivity contribution is 7.15. The smallest absolute Gasteiger partial charge is 0.270 e. The number of likely N-dealkylation sites (tertiary alicyclic amines) is 1. The maximum Gasteiger partial charge on any atom is 0.270 e. The number of halogens is 1. The standard InChI is InChI=1S/C27H25FN4O2S/c1-15-6-7-20(21(10-15)17-4-3-5-19(28)11-17)26(34)32-14-18-12-22(18)23(32)13-29-25(33)24-16(2)30-27-31(24)8-9-35-27/h3-11,18,22-23H,12-14H2,1-2H3,(H,29,33)/t18-,22-,23-/m1/s1. The van der Waals surface area contributed by atoms with E-state index in [1.54, 1.807) is 6.07 Å². The van der Waals surface area contributed by atoms with E-state index in [0.717, 1.165) is 22.5 Å². The van der Waals surface area contributed by atoms with Crippen LogP contribution in [0.5, 0.6) is 0 Å². The number of carbonyl (C=O) groups excluding carboxylic acids is 2. The average Bonchev–Trinajstić information content (AvgIpc) is 3.13. The van der Waals surface area contributed by atoms with Gasteiger partial charge in [-0.05, 0) is 61.4 Å². The number of piperidine rings is 1. The van der Waals surface area contributed by atoms with Crippen LogP contribution in [0.25, 0.3) is 16.1 Å². The topological polar surface area (TPSA) is 66.7 Å². The third-order valence-corrected chi connectivity index (χ3v) is 7.98. The summed E-state index contributed by atoms with van der Waals surface area (Å²) >= 11 is 1.49. The van der Waals surface area contributed by atoms with Crippen LogP contribution in [0.2, 0.25) is 0 Å². The summed E-state index contributed by atoms with van der Waals surface area (Å²) in [6.45, 7) is 4.87. The average molecular weight is 489 g/mol. The number of amides is 2. The van der Waals surface area contributed by atoms with E-state index in [1.165, 1.54) is 23.5 Å². The molecule has 6 nitrogen and oxygen atoms in total. The number of aryl methyl sites for hydroxylation is 2. The minimum Gasteiger partial charge on any atom is -0.349 e. The predicted octanol–water partition coefficient (Wildman–Crippen LogP) is 4.71. The van der Waals surface area contributed by atoms with E-state index in [2.05, 4.69) is 10.3 Å². The van der Waals surface area contributed by atoms with Crippen molar-refractivity contribution in [3.63, 3.8) is 0 Å². The van der Waals surface area contributed by atoms with Crippen molar-refractivity contribution in [1.82, 2.24) is 19.6 Å². The molecule has 1 aliphatic heterocycles. The number of thiazole rings is 1. The molecule has 0 bridgehead atoms. The molecule has 0 radical (unpaired) electrons. The normalized spacial score (nSPS) is 20.8. The molecule has 6 rings (SSSR count). The summed E-state index contributed by atoms with van der Waals surface area (Å²) in [6, 6.07) is 12.0. The monoisotopic (exact) mass is 488 g/mol. The van der Waals surface area contributed by atoms with Crippen LogP contribution >= 0.6 is 11.3 Å². The van der Waals surface area contributed by atoms with Crippen LogP contribution in [0.15, 0.2) is 54.0 Å². The zero-order valence-electron chi connectivity index (χ0n) is 19.5. The molecule has 1 N–H and O–H groups in total. The van der Waals surface area contributed by atoms with Gasteiger partial charge in [0.15, 0.2) is 4.96 Å². The second-order valence-corrected chi connectivity index (χ2v) is 10.4. The molecule has 2 aromatic heterocycles. The molecule has 2 amide bonds. The van der Waals surface area contributed by atoms with E-state index in [-0.39, 0.29) is 23.7 Å². The van der Waals surface area contributed by atoms with Crippen LogP contribution in [-0.4, -0.2) is 45.2 Å². The Labute approximate surface area is 206 Å². The van der Waals surface area contributed by atoms with Gasteiger partial charge in [-0.15, -0.1) is 11.3 Å². The van der Waals surface area contributed by atoms with Crippen LogP contribution in [0.4, 0.5) is 4.39 Å². The van der Waals surface area contributed by atoms with Crippen LogP contribution < -0.4 is 5.32 Å². The van der Waals surface area contributed by atoms with Gasteiger partial charge in [0.1, 0.15) is 11.5 Å². The fraction of sp³-hybridized carbons (Fsp3) is 0.296. The second-order valence-electron chi connectivity index (χ2n) is 9.56. The predicted molar refractivity (Wildman–Crippen MR) is 133 cm³/mol. The van der Waals surface area contributed by atoms with Crippen molar-refractivity contribution >= 4 is 28.1 Å². The molecule has 178 valence electrons. The van der Waals surface area contributed by atoms with Gasteiger partial charge in [-0.3, -0.25) is 14.0 Å². The SMILES string of the molecule is Cc1ccc(C(=O)N2C[C@H]3C[C@H]3[C@H]2CNC(=O)c2c(C)nc3sccn23)c(-c2cccc(F)c2)c1. The summed E-state index contributed by atoms with van der Waals surface area (Å²) in [5.74, 6) is 0.289. The molecular formula is C27H25FN4O2S. The number of carbonyl (C=O) groups is 2. The number of fused-ring (bicyclic) bond motifs is 2. The summed E-state index contributed by atoms with van der Waals surface area (Å²) in [5, 5.41) is 4.97. The number of nitrogens with one attached hydrogen (secondary N) is 1. The first-order valence-electron chi connectivity index (χ1n) is 11.8. The zero-order chi connectivity index (χ0) is 24.3. The molecule has 1 saturated heterocycles. The third kappa shape index (κ3) is 3.82. The highest BCUT2D eigenvalue weighted by Crippen LogP contribution is 2.50. The maximum absolute atomic E-state index is 14.0. The molecule has 2 aromatic carbocycles. The Hall–Kier alpha value is -3.52. The first kappa shape index (κ1) is 22.0. The number of benzene rings is 2. The van der Waals surface area contributed by atoms with E-state index in [0.29, 0.717) is 47.4 Å². The first-order chi connectivity index (χ1) is 16.9. The van der Waals surface area contributed by atoms with Crippen LogP contribution in [0.3, 0.4) is 0 Å². The van der Waals surface area contributed by atoms with Gasteiger partial charge in [0, 0.05) is 30.2 Å². The summed E-state index contributed by atoms with van der Waals surface area (Å²) in [6.07, 6.45) is 2.93. The molecule has 0 unspecified atom stereocenters. The van der Waals surface area contributed by atoms with Crippen molar-refractivity contribution in [3.8, 4) is 11.1 Å². The Bertz CT molecular complexity index is 1480. The molecule has 35 heavy (non-hydrogen) atoms. The van der Waals surface area contributed by atoms with E-state index in [4.69, 9.17) is 0 Å². The largest absolute Gasteiger partial charge is 0.349 e. The molecule has 2 aliphatic rings. The lowest BCUT2D eigenvalue weighted by Crippen LogP contribution is -2.46. The molecular weight excluding hydrogens is 463 g/mol. The van der Waals surface area contributed by atoms with Gasteiger partial charge in [0.25, 0.3) is 11.8 Å². The molecule has 1 aliphatic carbocycles. The van der Waals surface area contributed by atoms with Gasteiger partial charge in [-0.2, -0.15) is 0 Å². The lowest BCUT2D eigenvalue weighted by atomic mass is 9.96. The fourth-order valence-electron chi connectivity index (χ4n) is 5.41. The summed E-state index contributed by atoms with van der Waals surface area (Å²) < 4.78 is 15.8. The third-order valence-electron chi connectivity index (χ3n) is 7.23. The van der Waals surface area contributed by atoms with Crippen molar-refractivity contribution in [2.45, 2.75) is 26.3 Å². The van der Waals surface area contributed by atoms with E-state index in [9.17, 15) is 14.0 Å². The van der Waals surface area contributed by atoms with Crippen molar-refractivity contribution in [1.29, 1.82) is 0 Å². The molecule has 8 heteroatoms. The molecule has 0 spiro atoms. The Morgan fingerprint density at radius 2 is 2.06 bits per heavy atom. The van der Waals surface area contributed by atoms with Gasteiger partial charge in [-0.1, -0.05) is 29.8 Å². The Morgan fingerprint density at radius 3 is 2.89 bits per heavy atom. The number of hydrogen-bond acceptors (Lipinski definition) is 4. The van der Waals surface area contributed by atoms with Crippen LogP contribution in [-0.2, 0) is 0 Å². The molecule has 2 fully saturated rings. The summed E-state index contributed by atoms with van der Waals surface area (Å²) in [7, 11) is 0. The van der Waals surface area contributed by atoms with Crippen LogP contribution in [0.1, 0.15) is 38.5 Å². The van der Waals surface area contributed by atoms with E-state index in [1.807, 2.05) is 59.0 Å². The first-order valence-corrected chi connectivity index (χ1v) is 12.7. The van der Waals surface area contributed by atoms with Crippen molar-refractivity contribution in [2.75, 3.05) is 13.1 Å². The second kappa shape index (κ2) is 8.30. The molecule has 3 atom stereocenters. The highest BCUT2D eigenvalue weighted by Gasteiger charge is 2.54. The van der Waals surface area contributed by atoms with Crippen LogP contribution in [0, 0.1) is 31.5 Å². The minimum atomic E-state index is -0.333. The highest BCUT2D eigenvalue weighted by atomic mass is 32.1. The fourth-order valence-corrected chi connectivity index (χ4v) is 6.17. The quantitative estimate of drug-likeness (QED) is 0.443. The van der Waals surface area contributed by atoms with E-state index < -0.39 is 0 Å². The summed E-state index contributed by atoms with van der Waals surface area (Å²) in [5.41, 5.74) is 4.21. The maximum atomic E-state index is 14.0. The molecule has 4 aromatic rings. The lowest BCUT2D eigenvalue weighted by Gasteiger charge is -2.29. The number of nitrogens with zero attached hydrogens (tertiary/aromatic N) is 3. The van der Waals surface area contributed by atoms with Crippen molar-refractivity contribution in [3.05, 3.63) is 82.4 Å². The minimum absolute atomic E-state index is 0.0655. The number of hydrogen-bond donors (Lipinski definition) is 1. The zero-order valence-corrected chi connectivity index (χ0v) is 20.3. The number of aromatic nitrogens is 2. The Balaban J connectivity index is 1.25. The van der Waals surface area contributed by atoms with Gasteiger partial charge in [0.2, 0.25) is 0 Å². The van der Waals surface area contributed by atoms with Crippen molar-refractivity contribution < 1.29 is 14.0 Å². The Morgan fingerprint density at radius 1 is 1.20 bits per heavy atom. The van der Waals surface area contributed by atoms with Gasteiger partial charge >= 0.3 is 0 Å². The Kier molecular flexibility index (Phi) is 5.21. The number of imidazole rings is 1. The number of rotatable bonds is 5. The summed E-state index contributed by atoms with van der Waals surface area (Å²) in [4.78, 5) is 34.0. The van der Waals surface area contributed by atoms with Crippen molar-refractivity contribution in [2.24, 2.45) is 11.8 Å². The van der Waals surface area contributed by atoms with Gasteiger partial charge in [0.05, 0.1) is 11.7 Å². The van der Waals surface area contributed by atoms with E-state index >= 15 is 0 Å². The molecule has 1 saturated carbocycles. The molecule has 3 heterocycles.